The summed E-state index contributed by atoms with van der Waals surface area (Å²) in [5.41, 5.74) is 0.750. The normalized spacial score (nSPS) is 10.6. The zero-order valence-electron chi connectivity index (χ0n) is 13.6. The molecule has 136 valence electrons. The molecule has 8 heteroatoms. The number of halogens is 3. The molecule has 2 aromatic carbocycles. The van der Waals surface area contributed by atoms with Crippen LogP contribution in [0.1, 0.15) is 5.56 Å². The zero-order valence-corrected chi connectivity index (χ0v) is 15.1. The van der Waals surface area contributed by atoms with E-state index >= 15 is 0 Å². The van der Waals surface area contributed by atoms with Gasteiger partial charge in [0.05, 0.1) is 17.8 Å². The number of hydrogen-bond acceptors (Lipinski definition) is 4. The first kappa shape index (κ1) is 19.8. The third-order valence-electron chi connectivity index (χ3n) is 3.14. The van der Waals surface area contributed by atoms with Crippen molar-refractivity contribution in [3.8, 4) is 5.75 Å². The molecular weight excluding hydrogens is 384 g/mol. The molecule has 0 aliphatic heterocycles. The molecule has 0 aromatic heterocycles. The van der Waals surface area contributed by atoms with Crippen molar-refractivity contribution in [2.24, 2.45) is 0 Å². The lowest BCUT2D eigenvalue weighted by Crippen LogP contribution is -2.20. The molecule has 1 N–H and O–H groups in total. The van der Waals surface area contributed by atoms with Crippen LogP contribution in [0.3, 0.4) is 0 Å². The molecule has 0 radical (unpaired) electrons. The molecule has 26 heavy (non-hydrogen) atoms. The number of amides is 1. The van der Waals surface area contributed by atoms with Gasteiger partial charge in [-0.2, -0.15) is 0 Å². The maximum Gasteiger partial charge on any atom is 0.331 e. The Balaban J connectivity index is 1.87. The minimum atomic E-state index is -0.756. The minimum Gasteiger partial charge on any atom is -0.494 e. The monoisotopic (exact) mass is 397 g/mol. The number of rotatable bonds is 6. The average Bonchev–Trinajstić information content (AvgIpc) is 2.61. The van der Waals surface area contributed by atoms with Crippen molar-refractivity contribution >= 4 is 46.8 Å². The summed E-state index contributed by atoms with van der Waals surface area (Å²) in [6.07, 6.45) is 2.44. The Labute approximate surface area is 159 Å². The smallest absolute Gasteiger partial charge is 0.331 e. The highest BCUT2D eigenvalue weighted by Crippen LogP contribution is 2.25. The number of esters is 1. The maximum absolute atomic E-state index is 13.5. The molecule has 0 saturated heterocycles. The van der Waals surface area contributed by atoms with Gasteiger partial charge in [0, 0.05) is 11.1 Å². The Morgan fingerprint density at radius 1 is 1.19 bits per heavy atom. The topological polar surface area (TPSA) is 64.6 Å². The number of anilines is 1. The van der Waals surface area contributed by atoms with E-state index in [2.05, 4.69) is 5.32 Å². The van der Waals surface area contributed by atoms with Crippen LogP contribution < -0.4 is 10.1 Å². The lowest BCUT2D eigenvalue weighted by Gasteiger charge is -2.07. The highest BCUT2D eigenvalue weighted by atomic mass is 35.5. The van der Waals surface area contributed by atoms with Gasteiger partial charge in [-0.25, -0.2) is 9.18 Å². The second-order valence-corrected chi connectivity index (χ2v) is 5.85. The van der Waals surface area contributed by atoms with Crippen molar-refractivity contribution < 1.29 is 23.5 Å². The van der Waals surface area contributed by atoms with Crippen molar-refractivity contribution in [3.63, 3.8) is 0 Å². The largest absolute Gasteiger partial charge is 0.494 e. The molecule has 0 aliphatic rings. The van der Waals surface area contributed by atoms with E-state index in [1.165, 1.54) is 37.5 Å². The first-order valence-electron chi connectivity index (χ1n) is 7.32. The van der Waals surface area contributed by atoms with Gasteiger partial charge in [0.15, 0.2) is 18.2 Å². The Morgan fingerprint density at radius 3 is 2.65 bits per heavy atom. The van der Waals surface area contributed by atoms with Crippen molar-refractivity contribution in [2.75, 3.05) is 19.0 Å². The van der Waals surface area contributed by atoms with E-state index in [4.69, 9.17) is 32.7 Å². The Hall–Kier alpha value is -2.57. The van der Waals surface area contributed by atoms with Crippen molar-refractivity contribution in [2.45, 2.75) is 0 Å². The minimum absolute atomic E-state index is 0.0982. The van der Waals surface area contributed by atoms with Gasteiger partial charge in [0.25, 0.3) is 5.91 Å². The fraction of sp³-hybridized carbons (Fsp3) is 0.111. The molecule has 0 aliphatic carbocycles. The molecule has 0 unspecified atom stereocenters. The van der Waals surface area contributed by atoms with Crippen LogP contribution in [-0.4, -0.2) is 25.6 Å². The molecule has 0 heterocycles. The SMILES string of the molecule is COc1ccc(/C=C/C(=O)OCC(=O)Nc2cc(Cl)ccc2Cl)cc1F. The summed E-state index contributed by atoms with van der Waals surface area (Å²) in [6, 6.07) is 8.79. The van der Waals surface area contributed by atoms with Crippen molar-refractivity contribution in [3.05, 3.63) is 63.9 Å². The Bertz CT molecular complexity index is 855. The van der Waals surface area contributed by atoms with E-state index < -0.39 is 24.3 Å². The van der Waals surface area contributed by atoms with Gasteiger partial charge in [-0.05, 0) is 42.0 Å². The fourth-order valence-electron chi connectivity index (χ4n) is 1.91. The predicted octanol–water partition coefficient (Wildman–Crippen LogP) is 4.34. The zero-order chi connectivity index (χ0) is 19.1. The third kappa shape index (κ3) is 5.75. The van der Waals surface area contributed by atoms with Gasteiger partial charge in [-0.1, -0.05) is 29.3 Å². The van der Waals surface area contributed by atoms with Crippen LogP contribution in [0, 0.1) is 5.82 Å². The number of methoxy groups -OCH3 is 1. The van der Waals surface area contributed by atoms with Gasteiger partial charge in [0.1, 0.15) is 0 Å². The van der Waals surface area contributed by atoms with E-state index in [-0.39, 0.29) is 5.75 Å². The van der Waals surface area contributed by atoms with Crippen LogP contribution in [0.25, 0.3) is 6.08 Å². The summed E-state index contributed by atoms with van der Waals surface area (Å²) in [5.74, 6) is -1.79. The number of nitrogens with one attached hydrogen (secondary N) is 1. The van der Waals surface area contributed by atoms with Gasteiger partial charge < -0.3 is 14.8 Å². The Kier molecular flexibility index (Phi) is 7.00. The summed E-state index contributed by atoms with van der Waals surface area (Å²) >= 11 is 11.7. The molecule has 0 spiro atoms. The second kappa shape index (κ2) is 9.22. The number of hydrogen-bond donors (Lipinski definition) is 1. The fourth-order valence-corrected chi connectivity index (χ4v) is 2.25. The quantitative estimate of drug-likeness (QED) is 0.581. The van der Waals surface area contributed by atoms with Crippen LogP contribution in [0.15, 0.2) is 42.5 Å². The molecule has 5 nitrogen and oxygen atoms in total. The average molecular weight is 398 g/mol. The van der Waals surface area contributed by atoms with Gasteiger partial charge in [-0.3, -0.25) is 4.79 Å². The van der Waals surface area contributed by atoms with Crippen molar-refractivity contribution in [1.29, 1.82) is 0 Å². The maximum atomic E-state index is 13.5. The highest BCUT2D eigenvalue weighted by molar-refractivity contribution is 6.35. The highest BCUT2D eigenvalue weighted by Gasteiger charge is 2.09. The first-order chi connectivity index (χ1) is 12.4. The van der Waals surface area contributed by atoms with Crippen LogP contribution >= 0.6 is 23.2 Å². The third-order valence-corrected chi connectivity index (χ3v) is 3.70. The van der Waals surface area contributed by atoms with Crippen LogP contribution in [0.4, 0.5) is 10.1 Å². The van der Waals surface area contributed by atoms with E-state index in [1.54, 1.807) is 12.1 Å². The van der Waals surface area contributed by atoms with Gasteiger partial charge in [-0.15, -0.1) is 0 Å². The van der Waals surface area contributed by atoms with Crippen LogP contribution in [0.5, 0.6) is 5.75 Å². The van der Waals surface area contributed by atoms with Crippen molar-refractivity contribution in [1.82, 2.24) is 0 Å². The predicted molar refractivity (Wildman–Crippen MR) is 98.0 cm³/mol. The van der Waals surface area contributed by atoms with E-state index in [1.807, 2.05) is 0 Å². The Morgan fingerprint density at radius 2 is 1.96 bits per heavy atom. The molecule has 2 rings (SSSR count). The number of carbonyl (C=O) groups excluding carboxylic acids is 2. The lowest BCUT2D eigenvalue weighted by molar-refractivity contribution is -0.142. The summed E-state index contributed by atoms with van der Waals surface area (Å²) in [7, 11) is 1.35. The van der Waals surface area contributed by atoms with Crippen LogP contribution in [0.2, 0.25) is 10.0 Å². The van der Waals surface area contributed by atoms with E-state index in [0.29, 0.717) is 21.3 Å². The van der Waals surface area contributed by atoms with E-state index in [9.17, 15) is 14.0 Å². The summed E-state index contributed by atoms with van der Waals surface area (Å²) in [4.78, 5) is 23.4. The van der Waals surface area contributed by atoms with Crippen LogP contribution in [-0.2, 0) is 14.3 Å². The standard InChI is InChI=1S/C18H14Cl2FNO4/c1-25-16-6-2-11(8-14(16)21)3-7-18(24)26-10-17(23)22-15-9-12(19)4-5-13(15)20/h2-9H,10H2,1H3,(H,22,23)/b7-3+. The molecule has 2 aromatic rings. The number of ether oxygens (including phenoxy) is 2. The lowest BCUT2D eigenvalue weighted by atomic mass is 10.2. The molecule has 0 atom stereocenters. The van der Waals surface area contributed by atoms with E-state index in [0.717, 1.165) is 6.08 Å². The molecular formula is C18H14Cl2FNO4. The molecule has 0 bridgehead atoms. The van der Waals surface area contributed by atoms with Gasteiger partial charge >= 0.3 is 5.97 Å². The summed E-state index contributed by atoms with van der Waals surface area (Å²) < 4.78 is 23.2. The number of benzene rings is 2. The molecule has 1 amide bonds. The number of carbonyl (C=O) groups is 2. The molecule has 0 saturated carbocycles. The summed E-state index contributed by atoms with van der Waals surface area (Å²) in [6.45, 7) is -0.511. The molecule has 0 fully saturated rings. The van der Waals surface area contributed by atoms with Gasteiger partial charge in [0.2, 0.25) is 0 Å². The summed E-state index contributed by atoms with van der Waals surface area (Å²) in [5, 5.41) is 3.18. The first-order valence-corrected chi connectivity index (χ1v) is 8.08. The second-order valence-electron chi connectivity index (χ2n) is 5.01.